The summed E-state index contributed by atoms with van der Waals surface area (Å²) in [5.74, 6) is 2.54. The lowest BCUT2D eigenvalue weighted by molar-refractivity contribution is 0.111. The van der Waals surface area contributed by atoms with Crippen molar-refractivity contribution in [3.05, 3.63) is 48.0 Å². The van der Waals surface area contributed by atoms with Crippen molar-refractivity contribution in [1.82, 2.24) is 0 Å². The highest BCUT2D eigenvalue weighted by Gasteiger charge is 2.17. The van der Waals surface area contributed by atoms with Crippen molar-refractivity contribution in [1.29, 1.82) is 0 Å². The van der Waals surface area contributed by atoms with Crippen LogP contribution >= 0.6 is 11.8 Å². The second-order valence-corrected chi connectivity index (χ2v) is 5.54. The highest BCUT2D eigenvalue weighted by atomic mass is 32.2. The molecule has 108 valence electrons. The number of hydrogen-bond acceptors (Lipinski definition) is 5. The second-order valence-electron chi connectivity index (χ2n) is 4.37. The van der Waals surface area contributed by atoms with Crippen LogP contribution in [0.15, 0.2) is 47.4 Å². The Hall–Kier alpha value is -2.14. The Morgan fingerprint density at radius 1 is 1.14 bits per heavy atom. The molecule has 0 aromatic heterocycles. The molecule has 1 heterocycles. The van der Waals surface area contributed by atoms with E-state index in [1.54, 1.807) is 23.9 Å². The van der Waals surface area contributed by atoms with Gasteiger partial charge in [0.1, 0.15) is 5.75 Å². The Balaban J connectivity index is 1.59. The Morgan fingerprint density at radius 3 is 2.67 bits per heavy atom. The van der Waals surface area contributed by atoms with Crippen molar-refractivity contribution in [2.75, 3.05) is 19.2 Å². The molecule has 0 saturated heterocycles. The van der Waals surface area contributed by atoms with Gasteiger partial charge in [-0.3, -0.25) is 4.79 Å². The van der Waals surface area contributed by atoms with Crippen molar-refractivity contribution in [3.63, 3.8) is 0 Å². The molecule has 3 rings (SSSR count). The lowest BCUT2D eigenvalue weighted by Crippen LogP contribution is -2.02. The molecule has 0 atom stereocenters. The molecule has 2 aromatic carbocycles. The van der Waals surface area contributed by atoms with Crippen molar-refractivity contribution in [3.8, 4) is 17.2 Å². The molecular weight excluding hydrogens is 288 g/mol. The lowest BCUT2D eigenvalue weighted by atomic mass is 10.2. The van der Waals surface area contributed by atoms with Crippen molar-refractivity contribution in [2.24, 2.45) is 0 Å². The molecule has 0 N–H and O–H groups in total. The van der Waals surface area contributed by atoms with Gasteiger partial charge in [-0.25, -0.2) is 0 Å². The third kappa shape index (κ3) is 3.31. The van der Waals surface area contributed by atoms with Gasteiger partial charge in [-0.15, -0.1) is 11.8 Å². The monoisotopic (exact) mass is 302 g/mol. The summed E-state index contributed by atoms with van der Waals surface area (Å²) in [6, 6.07) is 13.5. The summed E-state index contributed by atoms with van der Waals surface area (Å²) in [6.45, 7) is 0.695. The molecule has 1 aliphatic rings. The van der Waals surface area contributed by atoms with Crippen LogP contribution in [-0.2, 0) is 0 Å². The number of ether oxygens (including phenoxy) is 3. The van der Waals surface area contributed by atoms with Gasteiger partial charge in [0.05, 0.1) is 12.2 Å². The SMILES string of the molecule is O=Cc1cc2c(cc1OCCSc1ccccc1)OCO2. The van der Waals surface area contributed by atoms with E-state index >= 15 is 0 Å². The number of hydrogen-bond donors (Lipinski definition) is 0. The number of thioether (sulfide) groups is 1. The number of carbonyl (C=O) groups excluding carboxylic acids is 1. The number of benzene rings is 2. The smallest absolute Gasteiger partial charge is 0.231 e. The normalized spacial score (nSPS) is 12.2. The van der Waals surface area contributed by atoms with E-state index < -0.39 is 0 Å². The van der Waals surface area contributed by atoms with Crippen molar-refractivity contribution < 1.29 is 19.0 Å². The summed E-state index contributed by atoms with van der Waals surface area (Å²) >= 11 is 1.71. The summed E-state index contributed by atoms with van der Waals surface area (Å²) in [5, 5.41) is 0. The molecule has 0 amide bonds. The summed E-state index contributed by atoms with van der Waals surface area (Å²) in [5.41, 5.74) is 0.476. The minimum Gasteiger partial charge on any atom is -0.492 e. The first-order chi connectivity index (χ1) is 10.4. The average Bonchev–Trinajstić information content (AvgIpc) is 2.99. The zero-order chi connectivity index (χ0) is 14.5. The standard InChI is InChI=1S/C16H14O4S/c17-10-12-8-15-16(20-11-19-15)9-14(12)18-6-7-21-13-4-2-1-3-5-13/h1-5,8-10H,6-7,11H2. The molecule has 5 heteroatoms. The minimum absolute atomic E-state index is 0.181. The number of aldehydes is 1. The molecule has 0 unspecified atom stereocenters. The maximum absolute atomic E-state index is 11.1. The van der Waals surface area contributed by atoms with E-state index in [0.717, 1.165) is 12.0 Å². The van der Waals surface area contributed by atoms with Crippen LogP contribution in [0.1, 0.15) is 10.4 Å². The van der Waals surface area contributed by atoms with E-state index in [0.29, 0.717) is 29.4 Å². The molecule has 2 aromatic rings. The van der Waals surface area contributed by atoms with Gasteiger partial charge in [0.15, 0.2) is 17.8 Å². The van der Waals surface area contributed by atoms with Crippen LogP contribution in [0.5, 0.6) is 17.2 Å². The topological polar surface area (TPSA) is 44.8 Å². The molecule has 0 fully saturated rings. The predicted octanol–water partition coefficient (Wildman–Crippen LogP) is 3.40. The first-order valence-electron chi connectivity index (χ1n) is 6.56. The molecule has 0 aliphatic carbocycles. The van der Waals surface area contributed by atoms with Gasteiger partial charge in [0.2, 0.25) is 6.79 Å². The van der Waals surface area contributed by atoms with Gasteiger partial charge in [-0.05, 0) is 18.2 Å². The Kier molecular flexibility index (Phi) is 4.31. The molecule has 1 aliphatic heterocycles. The van der Waals surface area contributed by atoms with Crippen molar-refractivity contribution >= 4 is 18.0 Å². The summed E-state index contributed by atoms with van der Waals surface area (Å²) < 4.78 is 16.2. The minimum atomic E-state index is 0.181. The van der Waals surface area contributed by atoms with Gasteiger partial charge >= 0.3 is 0 Å². The third-order valence-electron chi connectivity index (χ3n) is 2.98. The summed E-state index contributed by atoms with van der Waals surface area (Å²) in [6.07, 6.45) is 0.766. The van der Waals surface area contributed by atoms with E-state index in [-0.39, 0.29) is 6.79 Å². The first kappa shape index (κ1) is 13.8. The van der Waals surface area contributed by atoms with Crippen LogP contribution < -0.4 is 14.2 Å². The Morgan fingerprint density at radius 2 is 1.90 bits per heavy atom. The second kappa shape index (κ2) is 6.54. The summed E-state index contributed by atoms with van der Waals surface area (Å²) in [4.78, 5) is 12.3. The third-order valence-corrected chi connectivity index (χ3v) is 3.96. The first-order valence-corrected chi connectivity index (χ1v) is 7.55. The van der Waals surface area contributed by atoms with Crippen molar-refractivity contribution in [2.45, 2.75) is 4.90 Å². The van der Waals surface area contributed by atoms with Crippen LogP contribution in [-0.4, -0.2) is 25.4 Å². The maximum atomic E-state index is 11.1. The fraction of sp³-hybridized carbons (Fsp3) is 0.188. The van der Waals surface area contributed by atoms with Gasteiger partial charge in [-0.2, -0.15) is 0 Å². The maximum Gasteiger partial charge on any atom is 0.231 e. The van der Waals surface area contributed by atoms with E-state index in [9.17, 15) is 4.79 Å². The van der Waals surface area contributed by atoms with Crippen LogP contribution in [0.4, 0.5) is 0 Å². The fourth-order valence-electron chi connectivity index (χ4n) is 1.98. The summed E-state index contributed by atoms with van der Waals surface area (Å²) in [7, 11) is 0. The molecule has 0 bridgehead atoms. The highest BCUT2D eigenvalue weighted by molar-refractivity contribution is 7.99. The predicted molar refractivity (Wildman–Crippen MR) is 80.6 cm³/mol. The van der Waals surface area contributed by atoms with E-state index in [1.807, 2.05) is 18.2 Å². The number of rotatable bonds is 6. The quantitative estimate of drug-likeness (QED) is 0.465. The molecule has 21 heavy (non-hydrogen) atoms. The van der Waals surface area contributed by atoms with Gasteiger partial charge in [-0.1, -0.05) is 18.2 Å². The largest absolute Gasteiger partial charge is 0.492 e. The molecule has 0 spiro atoms. The van der Waals surface area contributed by atoms with Crippen LogP contribution in [0.25, 0.3) is 0 Å². The number of fused-ring (bicyclic) bond motifs is 1. The van der Waals surface area contributed by atoms with E-state index in [4.69, 9.17) is 14.2 Å². The molecule has 4 nitrogen and oxygen atoms in total. The highest BCUT2D eigenvalue weighted by Crippen LogP contribution is 2.37. The average molecular weight is 302 g/mol. The van der Waals surface area contributed by atoms with E-state index in [1.165, 1.54) is 4.90 Å². The molecule has 0 saturated carbocycles. The van der Waals surface area contributed by atoms with Gasteiger partial charge in [0, 0.05) is 16.7 Å². The zero-order valence-corrected chi connectivity index (χ0v) is 12.1. The van der Waals surface area contributed by atoms with Crippen LogP contribution in [0.2, 0.25) is 0 Å². The lowest BCUT2D eigenvalue weighted by Gasteiger charge is -2.09. The van der Waals surface area contributed by atoms with E-state index in [2.05, 4.69) is 12.1 Å². The fourth-order valence-corrected chi connectivity index (χ4v) is 2.74. The number of carbonyl (C=O) groups is 1. The Labute approximate surface area is 127 Å². The Bertz CT molecular complexity index is 628. The van der Waals surface area contributed by atoms with Crippen LogP contribution in [0, 0.1) is 0 Å². The molecule has 0 radical (unpaired) electrons. The van der Waals surface area contributed by atoms with Gasteiger partial charge in [0.25, 0.3) is 0 Å². The molecular formula is C16H14O4S. The van der Waals surface area contributed by atoms with Gasteiger partial charge < -0.3 is 14.2 Å². The van der Waals surface area contributed by atoms with Crippen LogP contribution in [0.3, 0.4) is 0 Å². The zero-order valence-electron chi connectivity index (χ0n) is 11.3.